The van der Waals surface area contributed by atoms with E-state index in [-0.39, 0.29) is 33.8 Å². The molecule has 9 nitrogen and oxygen atoms in total. The van der Waals surface area contributed by atoms with Gasteiger partial charge in [-0.25, -0.2) is 14.2 Å². The molecule has 0 radical (unpaired) electrons. The number of phenols is 1. The number of imidazole rings is 1. The third-order valence-corrected chi connectivity index (χ3v) is 5.29. The second-order valence-electron chi connectivity index (χ2n) is 7.34. The predicted octanol–water partition coefficient (Wildman–Crippen LogP) is 3.34. The maximum Gasteiger partial charge on any atom is 0.341 e. The van der Waals surface area contributed by atoms with Crippen molar-refractivity contribution in [3.05, 3.63) is 70.8 Å². The SMILES string of the molecule is O=C(O)c1cn2c3c(c(NCCCn4ccnc4)c(F)cc3c1=O)Oc1cc(O)ccc1-2. The quantitative estimate of drug-likeness (QED) is 0.349. The summed E-state index contributed by atoms with van der Waals surface area (Å²) in [6.45, 7) is 1.07. The number of fused-ring (bicyclic) bond motifs is 2. The minimum absolute atomic E-state index is 0.0494. The van der Waals surface area contributed by atoms with Crippen molar-refractivity contribution in [2.45, 2.75) is 13.0 Å². The van der Waals surface area contributed by atoms with Crippen molar-refractivity contribution >= 4 is 22.6 Å². The van der Waals surface area contributed by atoms with Gasteiger partial charge >= 0.3 is 5.97 Å². The lowest BCUT2D eigenvalue weighted by Crippen LogP contribution is -2.21. The van der Waals surface area contributed by atoms with Crippen LogP contribution in [0.3, 0.4) is 0 Å². The van der Waals surface area contributed by atoms with Crippen molar-refractivity contribution in [1.29, 1.82) is 0 Å². The molecule has 4 aromatic rings. The maximum atomic E-state index is 15.1. The average Bonchev–Trinajstić information content (AvgIpc) is 3.27. The number of hydrogen-bond acceptors (Lipinski definition) is 6. The molecule has 3 N–H and O–H groups in total. The van der Waals surface area contributed by atoms with E-state index < -0.39 is 22.8 Å². The van der Waals surface area contributed by atoms with Gasteiger partial charge in [-0.05, 0) is 24.6 Å². The molecule has 0 spiro atoms. The molecule has 0 amide bonds. The molecular weight excluding hydrogens is 419 g/mol. The number of aryl methyl sites for hydroxylation is 1. The summed E-state index contributed by atoms with van der Waals surface area (Å²) in [5.41, 5.74) is -0.586. The highest BCUT2D eigenvalue weighted by molar-refractivity contribution is 5.98. The largest absolute Gasteiger partial charge is 0.508 e. The minimum Gasteiger partial charge on any atom is -0.508 e. The fourth-order valence-electron chi connectivity index (χ4n) is 3.82. The van der Waals surface area contributed by atoms with E-state index in [1.54, 1.807) is 12.5 Å². The standard InChI is InChI=1S/C22H17FN4O5/c23-15-9-13-19-21(18(15)25-4-1-6-26-7-5-24-11-26)32-17-8-12(28)2-3-16(17)27(19)10-14(20(13)29)22(30)31/h2-3,5,7-11,25,28H,1,4,6H2,(H,30,31). The number of benzene rings is 2. The van der Waals surface area contributed by atoms with E-state index >= 15 is 4.39 Å². The number of nitrogens with zero attached hydrogens (tertiary/aromatic N) is 3. The topological polar surface area (TPSA) is 119 Å². The highest BCUT2D eigenvalue weighted by Gasteiger charge is 2.28. The lowest BCUT2D eigenvalue weighted by Gasteiger charge is -2.26. The van der Waals surface area contributed by atoms with Crippen molar-refractivity contribution in [2.75, 3.05) is 11.9 Å². The first-order chi connectivity index (χ1) is 15.4. The van der Waals surface area contributed by atoms with Crippen LogP contribution in [0.4, 0.5) is 10.1 Å². The zero-order valence-electron chi connectivity index (χ0n) is 16.6. The number of aromatic nitrogens is 3. The number of phenolic OH excluding ortho intramolecular Hbond substituents is 1. The number of carboxylic acid groups (broad SMARTS) is 1. The summed E-state index contributed by atoms with van der Waals surface area (Å²) in [5.74, 6) is -1.99. The summed E-state index contributed by atoms with van der Waals surface area (Å²) in [5, 5.41) is 22.3. The van der Waals surface area contributed by atoms with E-state index in [0.29, 0.717) is 25.2 Å². The van der Waals surface area contributed by atoms with Gasteiger partial charge in [0.2, 0.25) is 5.43 Å². The molecule has 0 unspecified atom stereocenters. The summed E-state index contributed by atoms with van der Waals surface area (Å²) in [6.07, 6.45) is 7.04. The van der Waals surface area contributed by atoms with Gasteiger partial charge in [0.15, 0.2) is 17.3 Å². The molecule has 3 heterocycles. The monoisotopic (exact) mass is 436 g/mol. The summed E-state index contributed by atoms with van der Waals surface area (Å²) < 4.78 is 24.4. The molecule has 162 valence electrons. The number of ether oxygens (including phenoxy) is 1. The highest BCUT2D eigenvalue weighted by atomic mass is 19.1. The number of carbonyl (C=O) groups is 1. The van der Waals surface area contributed by atoms with Crippen molar-refractivity contribution < 1.29 is 24.1 Å². The maximum absolute atomic E-state index is 15.1. The molecule has 0 atom stereocenters. The van der Waals surface area contributed by atoms with E-state index in [1.165, 1.54) is 29.0 Å². The molecule has 1 aliphatic rings. The van der Waals surface area contributed by atoms with Gasteiger partial charge in [0.25, 0.3) is 0 Å². The molecule has 32 heavy (non-hydrogen) atoms. The fourth-order valence-corrected chi connectivity index (χ4v) is 3.82. The zero-order valence-corrected chi connectivity index (χ0v) is 16.6. The average molecular weight is 436 g/mol. The molecule has 0 aliphatic carbocycles. The lowest BCUT2D eigenvalue weighted by molar-refractivity contribution is 0.0695. The molecule has 2 aromatic heterocycles. The summed E-state index contributed by atoms with van der Waals surface area (Å²) in [7, 11) is 0. The number of aromatic carboxylic acids is 1. The first-order valence-electron chi connectivity index (χ1n) is 9.80. The number of halogens is 1. The van der Waals surface area contributed by atoms with Crippen LogP contribution in [-0.4, -0.2) is 36.8 Å². The van der Waals surface area contributed by atoms with Gasteiger partial charge in [-0.15, -0.1) is 0 Å². The van der Waals surface area contributed by atoms with Crippen LogP contribution in [0.15, 0.2) is 54.0 Å². The Labute approximate surface area is 179 Å². The number of rotatable bonds is 6. The zero-order chi connectivity index (χ0) is 22.4. The van der Waals surface area contributed by atoms with Crippen LogP contribution in [0.1, 0.15) is 16.8 Å². The highest BCUT2D eigenvalue weighted by Crippen LogP contribution is 2.45. The summed E-state index contributed by atoms with van der Waals surface area (Å²) >= 11 is 0. The van der Waals surface area contributed by atoms with Crippen molar-refractivity contribution in [3.63, 3.8) is 0 Å². The molecule has 0 saturated carbocycles. The number of aromatic hydroxyl groups is 1. The van der Waals surface area contributed by atoms with Gasteiger partial charge in [0.05, 0.1) is 17.4 Å². The number of carboxylic acids is 1. The normalized spacial score (nSPS) is 11.8. The van der Waals surface area contributed by atoms with E-state index in [1.807, 2.05) is 10.8 Å². The summed E-state index contributed by atoms with van der Waals surface area (Å²) in [4.78, 5) is 28.4. The molecule has 10 heteroatoms. The Morgan fingerprint density at radius 3 is 2.88 bits per heavy atom. The van der Waals surface area contributed by atoms with Gasteiger partial charge in [-0.1, -0.05) is 0 Å². The number of anilines is 1. The van der Waals surface area contributed by atoms with Crippen LogP contribution in [0.25, 0.3) is 16.6 Å². The van der Waals surface area contributed by atoms with Crippen LogP contribution in [0, 0.1) is 5.82 Å². The van der Waals surface area contributed by atoms with Crippen LogP contribution < -0.4 is 15.5 Å². The van der Waals surface area contributed by atoms with E-state index in [9.17, 15) is 19.8 Å². The van der Waals surface area contributed by atoms with Crippen molar-refractivity contribution in [2.24, 2.45) is 0 Å². The number of nitrogens with one attached hydrogen (secondary N) is 1. The van der Waals surface area contributed by atoms with Crippen molar-refractivity contribution in [3.8, 4) is 22.9 Å². The molecule has 5 rings (SSSR count). The Balaban J connectivity index is 1.64. The first-order valence-corrected chi connectivity index (χ1v) is 9.80. The first kappa shape index (κ1) is 19.6. The summed E-state index contributed by atoms with van der Waals surface area (Å²) in [6, 6.07) is 5.31. The Morgan fingerprint density at radius 2 is 2.12 bits per heavy atom. The molecule has 2 aromatic carbocycles. The smallest absolute Gasteiger partial charge is 0.341 e. The molecule has 0 fully saturated rings. The Morgan fingerprint density at radius 1 is 1.28 bits per heavy atom. The Hall–Kier alpha value is -4.34. The van der Waals surface area contributed by atoms with E-state index in [0.717, 1.165) is 6.07 Å². The number of pyridine rings is 1. The second-order valence-corrected chi connectivity index (χ2v) is 7.34. The fraction of sp³-hybridized carbons (Fsp3) is 0.136. The molecule has 1 aliphatic heterocycles. The van der Waals surface area contributed by atoms with Crippen LogP contribution in [0.2, 0.25) is 0 Å². The molecular formula is C22H17FN4O5. The predicted molar refractivity (Wildman–Crippen MR) is 114 cm³/mol. The lowest BCUT2D eigenvalue weighted by atomic mass is 10.1. The van der Waals surface area contributed by atoms with Gasteiger partial charge in [0.1, 0.15) is 22.5 Å². The van der Waals surface area contributed by atoms with Gasteiger partial charge in [-0.3, -0.25) is 4.79 Å². The van der Waals surface area contributed by atoms with Crippen molar-refractivity contribution in [1.82, 2.24) is 14.1 Å². The molecule has 0 saturated heterocycles. The third kappa shape index (κ3) is 3.13. The Kier molecular flexibility index (Phi) is 4.54. The van der Waals surface area contributed by atoms with Gasteiger partial charge < -0.3 is 29.4 Å². The Bertz CT molecular complexity index is 1430. The number of hydrogen-bond donors (Lipinski definition) is 3. The van der Waals surface area contributed by atoms with Crippen LogP contribution in [-0.2, 0) is 6.54 Å². The van der Waals surface area contributed by atoms with E-state index in [4.69, 9.17) is 4.74 Å². The van der Waals surface area contributed by atoms with Crippen LogP contribution >= 0.6 is 0 Å². The van der Waals surface area contributed by atoms with E-state index in [2.05, 4.69) is 10.3 Å². The minimum atomic E-state index is -1.42. The third-order valence-electron chi connectivity index (χ3n) is 5.29. The second kappa shape index (κ2) is 7.41. The van der Waals surface area contributed by atoms with Gasteiger partial charge in [-0.2, -0.15) is 0 Å². The van der Waals surface area contributed by atoms with Gasteiger partial charge in [0, 0.05) is 37.7 Å². The van der Waals surface area contributed by atoms with Crippen LogP contribution in [0.5, 0.6) is 17.2 Å². The molecule has 0 bridgehead atoms.